The number of benzene rings is 1. The fraction of sp³-hybridized carbons (Fsp3) is 0.562. The first-order valence-electron chi connectivity index (χ1n) is 7.71. The van der Waals surface area contributed by atoms with Gasteiger partial charge in [-0.25, -0.2) is 13.2 Å². The molecule has 1 saturated carbocycles. The van der Waals surface area contributed by atoms with Crippen LogP contribution < -0.4 is 0 Å². The predicted octanol–water partition coefficient (Wildman–Crippen LogP) is 2.82. The van der Waals surface area contributed by atoms with Gasteiger partial charge in [-0.2, -0.15) is 4.31 Å². The molecule has 1 aromatic carbocycles. The summed E-state index contributed by atoms with van der Waals surface area (Å²) in [6, 6.07) is 6.03. The summed E-state index contributed by atoms with van der Waals surface area (Å²) in [6.07, 6.45) is 5.19. The fourth-order valence-electron chi connectivity index (χ4n) is 3.01. The third kappa shape index (κ3) is 3.50. The lowest BCUT2D eigenvalue weighted by Gasteiger charge is -2.32. The SMILES string of the molecule is CCN(C1CCCCC1)S(=O)(=O)c1ccc(C(=O)OC)cc1. The van der Waals surface area contributed by atoms with E-state index >= 15 is 0 Å². The van der Waals surface area contributed by atoms with E-state index in [1.165, 1.54) is 37.8 Å². The molecule has 0 heterocycles. The maximum absolute atomic E-state index is 12.8. The highest BCUT2D eigenvalue weighted by Gasteiger charge is 2.31. The molecular formula is C16H23NO4S. The number of carbonyl (C=O) groups excluding carboxylic acids is 1. The Labute approximate surface area is 132 Å². The lowest BCUT2D eigenvalue weighted by molar-refractivity contribution is 0.0600. The first-order chi connectivity index (χ1) is 10.5. The topological polar surface area (TPSA) is 63.7 Å². The zero-order valence-electron chi connectivity index (χ0n) is 13.1. The third-order valence-corrected chi connectivity index (χ3v) is 6.22. The number of ether oxygens (including phenoxy) is 1. The van der Waals surface area contributed by atoms with Crippen LogP contribution in [0, 0.1) is 0 Å². The van der Waals surface area contributed by atoms with Crippen molar-refractivity contribution in [1.82, 2.24) is 4.31 Å². The highest BCUT2D eigenvalue weighted by Crippen LogP contribution is 2.27. The van der Waals surface area contributed by atoms with Crippen molar-refractivity contribution in [3.63, 3.8) is 0 Å². The van der Waals surface area contributed by atoms with E-state index in [0.717, 1.165) is 25.7 Å². The predicted molar refractivity (Wildman–Crippen MR) is 84.2 cm³/mol. The molecule has 2 rings (SSSR count). The number of methoxy groups -OCH3 is 1. The first-order valence-corrected chi connectivity index (χ1v) is 9.15. The van der Waals surface area contributed by atoms with Gasteiger partial charge >= 0.3 is 5.97 Å². The molecule has 0 aromatic heterocycles. The Bertz CT molecular complexity index is 604. The number of hydrogen-bond donors (Lipinski definition) is 0. The van der Waals surface area contributed by atoms with Gasteiger partial charge in [0.15, 0.2) is 0 Å². The van der Waals surface area contributed by atoms with Gasteiger partial charge in [0, 0.05) is 12.6 Å². The number of nitrogens with zero attached hydrogens (tertiary/aromatic N) is 1. The highest BCUT2D eigenvalue weighted by atomic mass is 32.2. The molecule has 22 heavy (non-hydrogen) atoms. The van der Waals surface area contributed by atoms with E-state index in [1.54, 1.807) is 4.31 Å². The molecule has 1 fully saturated rings. The second-order valence-corrected chi connectivity index (χ2v) is 7.41. The van der Waals surface area contributed by atoms with Crippen molar-refractivity contribution in [2.75, 3.05) is 13.7 Å². The van der Waals surface area contributed by atoms with Crippen molar-refractivity contribution in [2.24, 2.45) is 0 Å². The highest BCUT2D eigenvalue weighted by molar-refractivity contribution is 7.89. The van der Waals surface area contributed by atoms with Crippen LogP contribution in [0.25, 0.3) is 0 Å². The second-order valence-electron chi connectivity index (χ2n) is 5.52. The summed E-state index contributed by atoms with van der Waals surface area (Å²) < 4.78 is 31.9. The lowest BCUT2D eigenvalue weighted by Crippen LogP contribution is -2.41. The summed E-state index contributed by atoms with van der Waals surface area (Å²) in [6.45, 7) is 2.33. The van der Waals surface area contributed by atoms with Gasteiger partial charge in [-0.05, 0) is 37.1 Å². The summed E-state index contributed by atoms with van der Waals surface area (Å²) in [4.78, 5) is 11.7. The van der Waals surface area contributed by atoms with Crippen LogP contribution in [0.1, 0.15) is 49.4 Å². The Morgan fingerprint density at radius 3 is 2.27 bits per heavy atom. The first kappa shape index (κ1) is 17.0. The largest absolute Gasteiger partial charge is 0.465 e. The van der Waals surface area contributed by atoms with Crippen LogP contribution in [0.5, 0.6) is 0 Å². The average molecular weight is 325 g/mol. The Kier molecular flexibility index (Phi) is 5.58. The van der Waals surface area contributed by atoms with E-state index in [4.69, 9.17) is 0 Å². The molecule has 0 aliphatic heterocycles. The van der Waals surface area contributed by atoms with Gasteiger partial charge in [0.05, 0.1) is 17.6 Å². The molecule has 0 saturated heterocycles. The lowest BCUT2D eigenvalue weighted by atomic mass is 9.95. The normalized spacial score (nSPS) is 16.7. The molecule has 0 bridgehead atoms. The maximum Gasteiger partial charge on any atom is 0.337 e. The zero-order chi connectivity index (χ0) is 16.2. The van der Waals surface area contributed by atoms with E-state index in [2.05, 4.69) is 4.74 Å². The van der Waals surface area contributed by atoms with Gasteiger partial charge < -0.3 is 4.74 Å². The van der Waals surface area contributed by atoms with Crippen LogP contribution in [-0.4, -0.2) is 38.4 Å². The van der Waals surface area contributed by atoms with Gasteiger partial charge in [-0.15, -0.1) is 0 Å². The van der Waals surface area contributed by atoms with Crippen LogP contribution in [0.2, 0.25) is 0 Å². The molecule has 5 nitrogen and oxygen atoms in total. The number of hydrogen-bond acceptors (Lipinski definition) is 4. The number of esters is 1. The molecule has 122 valence electrons. The quantitative estimate of drug-likeness (QED) is 0.781. The van der Waals surface area contributed by atoms with Crippen molar-refractivity contribution < 1.29 is 17.9 Å². The summed E-state index contributed by atoms with van der Waals surface area (Å²) in [5, 5.41) is 0. The summed E-state index contributed by atoms with van der Waals surface area (Å²) in [5.74, 6) is -0.469. The van der Waals surface area contributed by atoms with Gasteiger partial charge in [0.2, 0.25) is 10.0 Å². The maximum atomic E-state index is 12.8. The molecule has 0 radical (unpaired) electrons. The monoisotopic (exact) mass is 325 g/mol. The van der Waals surface area contributed by atoms with Gasteiger partial charge in [-0.1, -0.05) is 26.2 Å². The van der Waals surface area contributed by atoms with E-state index in [0.29, 0.717) is 12.1 Å². The minimum absolute atomic E-state index is 0.0871. The molecule has 0 N–H and O–H groups in total. The van der Waals surface area contributed by atoms with E-state index in [-0.39, 0.29) is 10.9 Å². The minimum atomic E-state index is -3.52. The molecule has 1 aliphatic rings. The number of rotatable bonds is 5. The van der Waals surface area contributed by atoms with Gasteiger partial charge in [-0.3, -0.25) is 0 Å². The molecule has 1 aromatic rings. The summed E-state index contributed by atoms with van der Waals surface area (Å²) in [7, 11) is -2.22. The molecule has 0 unspecified atom stereocenters. The van der Waals surface area contributed by atoms with E-state index < -0.39 is 16.0 Å². The van der Waals surface area contributed by atoms with Crippen LogP contribution in [0.4, 0.5) is 0 Å². The summed E-state index contributed by atoms with van der Waals surface area (Å²) in [5.41, 5.74) is 0.349. The van der Waals surface area contributed by atoms with Crippen molar-refractivity contribution in [1.29, 1.82) is 0 Å². The number of carbonyl (C=O) groups is 1. The average Bonchev–Trinajstić information content (AvgIpc) is 2.55. The molecule has 6 heteroatoms. The van der Waals surface area contributed by atoms with Crippen LogP contribution in [0.15, 0.2) is 29.2 Å². The minimum Gasteiger partial charge on any atom is -0.465 e. The van der Waals surface area contributed by atoms with Crippen LogP contribution in [0.3, 0.4) is 0 Å². The molecular weight excluding hydrogens is 302 g/mol. The van der Waals surface area contributed by atoms with Crippen molar-refractivity contribution in [3.05, 3.63) is 29.8 Å². The van der Waals surface area contributed by atoms with E-state index in [1.807, 2.05) is 6.92 Å². The standard InChI is InChI=1S/C16H23NO4S/c1-3-17(14-7-5-4-6-8-14)22(19,20)15-11-9-13(10-12-15)16(18)21-2/h9-12,14H,3-8H2,1-2H3. The Balaban J connectivity index is 2.25. The van der Waals surface area contributed by atoms with Crippen LogP contribution >= 0.6 is 0 Å². The van der Waals surface area contributed by atoms with Gasteiger partial charge in [0.1, 0.15) is 0 Å². The van der Waals surface area contributed by atoms with E-state index in [9.17, 15) is 13.2 Å². The fourth-order valence-corrected chi connectivity index (χ4v) is 4.70. The van der Waals surface area contributed by atoms with Crippen LogP contribution in [-0.2, 0) is 14.8 Å². The smallest absolute Gasteiger partial charge is 0.337 e. The molecule has 1 aliphatic carbocycles. The van der Waals surface area contributed by atoms with Crippen molar-refractivity contribution in [2.45, 2.75) is 50.0 Å². The summed E-state index contributed by atoms with van der Waals surface area (Å²) >= 11 is 0. The Morgan fingerprint density at radius 2 is 1.77 bits per heavy atom. The molecule has 0 amide bonds. The third-order valence-electron chi connectivity index (χ3n) is 4.18. The van der Waals surface area contributed by atoms with Crippen molar-refractivity contribution >= 4 is 16.0 Å². The Morgan fingerprint density at radius 1 is 1.18 bits per heavy atom. The zero-order valence-corrected chi connectivity index (χ0v) is 13.9. The van der Waals surface area contributed by atoms with Gasteiger partial charge in [0.25, 0.3) is 0 Å². The molecule has 0 atom stereocenters. The number of sulfonamides is 1. The second kappa shape index (κ2) is 7.24. The molecule has 0 spiro atoms. The Hall–Kier alpha value is -1.40. The van der Waals surface area contributed by atoms with Crippen molar-refractivity contribution in [3.8, 4) is 0 Å².